The van der Waals surface area contributed by atoms with E-state index in [1.54, 1.807) is 12.4 Å². The lowest BCUT2D eigenvalue weighted by molar-refractivity contribution is -0.124. The maximum absolute atomic E-state index is 11.6. The Balaban J connectivity index is 2.09. The van der Waals surface area contributed by atoms with Gasteiger partial charge in [-0.3, -0.25) is 9.78 Å². The number of methoxy groups -OCH3 is 1. The highest BCUT2D eigenvalue weighted by atomic mass is 79.9. The summed E-state index contributed by atoms with van der Waals surface area (Å²) in [6.07, 6.45) is 3.47. The van der Waals surface area contributed by atoms with E-state index in [0.29, 0.717) is 6.54 Å². The number of pyridine rings is 1. The minimum absolute atomic E-state index is 0.0555. The number of nitrogens with zero attached hydrogens (tertiary/aromatic N) is 1. The van der Waals surface area contributed by atoms with E-state index in [1.807, 2.05) is 36.4 Å². The maximum atomic E-state index is 11.6. The molecule has 6 heteroatoms. The molecule has 22 heavy (non-hydrogen) atoms. The first-order valence-electron chi connectivity index (χ1n) is 6.86. The van der Waals surface area contributed by atoms with Gasteiger partial charge in [0.25, 0.3) is 0 Å². The first-order chi connectivity index (χ1) is 10.7. The first-order valence-corrected chi connectivity index (χ1v) is 7.66. The number of halogens is 1. The number of carbonyl (C=O) groups excluding carboxylic acids is 1. The summed E-state index contributed by atoms with van der Waals surface area (Å²) in [5, 5.41) is 6.24. The fourth-order valence-corrected chi connectivity index (χ4v) is 2.39. The predicted molar refractivity (Wildman–Crippen MR) is 89.6 cm³/mol. The molecule has 1 heterocycles. The molecule has 0 saturated heterocycles. The van der Waals surface area contributed by atoms with Gasteiger partial charge in [-0.15, -0.1) is 0 Å². The molecule has 1 atom stereocenters. The van der Waals surface area contributed by atoms with Crippen LogP contribution in [0.4, 0.5) is 5.69 Å². The Hall–Kier alpha value is -1.92. The summed E-state index contributed by atoms with van der Waals surface area (Å²) < 4.78 is 5.72. The fourth-order valence-electron chi connectivity index (χ4n) is 2.03. The standard InChI is InChI=1S/C16H18BrN3O2/c1-22-11-16(21)19-10-15(12-5-3-2-4-6-12)20-14-7-13(17)8-18-9-14/h2-9,15,20H,10-11H2,1H3,(H,19,21)/t15-/m1/s1. The monoisotopic (exact) mass is 363 g/mol. The molecule has 1 aromatic carbocycles. The second-order valence-corrected chi connectivity index (χ2v) is 5.65. The van der Waals surface area contributed by atoms with Crippen LogP contribution in [0.15, 0.2) is 53.3 Å². The summed E-state index contributed by atoms with van der Waals surface area (Å²) >= 11 is 3.40. The van der Waals surface area contributed by atoms with Crippen molar-refractivity contribution in [1.29, 1.82) is 0 Å². The predicted octanol–water partition coefficient (Wildman–Crippen LogP) is 2.76. The van der Waals surface area contributed by atoms with Crippen molar-refractivity contribution in [3.05, 3.63) is 58.8 Å². The van der Waals surface area contributed by atoms with Crippen LogP contribution >= 0.6 is 15.9 Å². The molecule has 2 rings (SSSR count). The van der Waals surface area contributed by atoms with Crippen LogP contribution in [0, 0.1) is 0 Å². The average Bonchev–Trinajstić information content (AvgIpc) is 2.52. The Morgan fingerprint density at radius 3 is 2.77 bits per heavy atom. The number of rotatable bonds is 7. The fraction of sp³-hybridized carbons (Fsp3) is 0.250. The first kappa shape index (κ1) is 16.5. The molecular formula is C16H18BrN3O2. The smallest absolute Gasteiger partial charge is 0.246 e. The summed E-state index contributed by atoms with van der Waals surface area (Å²) in [6.45, 7) is 0.513. The minimum Gasteiger partial charge on any atom is -0.375 e. The van der Waals surface area contributed by atoms with Gasteiger partial charge in [0.2, 0.25) is 5.91 Å². The van der Waals surface area contributed by atoms with Crippen molar-refractivity contribution < 1.29 is 9.53 Å². The van der Waals surface area contributed by atoms with E-state index < -0.39 is 0 Å². The molecule has 116 valence electrons. The highest BCUT2D eigenvalue weighted by Gasteiger charge is 2.13. The van der Waals surface area contributed by atoms with Gasteiger partial charge < -0.3 is 15.4 Å². The Labute approximate surface area is 138 Å². The summed E-state index contributed by atoms with van der Waals surface area (Å²) in [7, 11) is 1.50. The third-order valence-corrected chi connectivity index (χ3v) is 3.46. The van der Waals surface area contributed by atoms with Gasteiger partial charge in [-0.2, -0.15) is 0 Å². The summed E-state index contributed by atoms with van der Waals surface area (Å²) in [5.41, 5.74) is 1.96. The second kappa shape index (κ2) is 8.51. The van der Waals surface area contributed by atoms with Crippen LogP contribution in [-0.2, 0) is 9.53 Å². The molecule has 0 aliphatic carbocycles. The molecule has 0 radical (unpaired) electrons. The van der Waals surface area contributed by atoms with Gasteiger partial charge in [-0.1, -0.05) is 30.3 Å². The van der Waals surface area contributed by atoms with Crippen molar-refractivity contribution in [3.8, 4) is 0 Å². The van der Waals surface area contributed by atoms with Crippen LogP contribution in [0.3, 0.4) is 0 Å². The lowest BCUT2D eigenvalue weighted by atomic mass is 10.1. The molecule has 0 aliphatic heterocycles. The van der Waals surface area contributed by atoms with E-state index in [1.165, 1.54) is 7.11 Å². The number of aromatic nitrogens is 1. The zero-order chi connectivity index (χ0) is 15.8. The summed E-state index contributed by atoms with van der Waals surface area (Å²) in [4.78, 5) is 15.7. The lowest BCUT2D eigenvalue weighted by Gasteiger charge is -2.21. The maximum Gasteiger partial charge on any atom is 0.246 e. The van der Waals surface area contributed by atoms with Crippen LogP contribution in [-0.4, -0.2) is 31.2 Å². The Morgan fingerprint density at radius 2 is 2.09 bits per heavy atom. The second-order valence-electron chi connectivity index (χ2n) is 4.74. The van der Waals surface area contributed by atoms with Gasteiger partial charge in [-0.25, -0.2) is 0 Å². The van der Waals surface area contributed by atoms with E-state index >= 15 is 0 Å². The number of ether oxygens (including phenoxy) is 1. The molecule has 2 aromatic rings. The van der Waals surface area contributed by atoms with Crippen LogP contribution in [0.25, 0.3) is 0 Å². The number of benzene rings is 1. The van der Waals surface area contributed by atoms with Crippen molar-refractivity contribution in [1.82, 2.24) is 10.3 Å². The number of carbonyl (C=O) groups is 1. The number of anilines is 1. The topological polar surface area (TPSA) is 63.2 Å². The van der Waals surface area contributed by atoms with Gasteiger partial charge in [0.15, 0.2) is 0 Å². The van der Waals surface area contributed by atoms with Gasteiger partial charge in [0.1, 0.15) is 6.61 Å². The van der Waals surface area contributed by atoms with Crippen LogP contribution < -0.4 is 10.6 Å². The molecule has 5 nitrogen and oxygen atoms in total. The largest absolute Gasteiger partial charge is 0.375 e. The van der Waals surface area contributed by atoms with Crippen molar-refractivity contribution in [3.63, 3.8) is 0 Å². The SMILES string of the molecule is COCC(=O)NC[C@@H](Nc1cncc(Br)c1)c1ccccc1. The lowest BCUT2D eigenvalue weighted by Crippen LogP contribution is -2.33. The van der Waals surface area contributed by atoms with Gasteiger partial charge in [0, 0.05) is 24.3 Å². The van der Waals surface area contributed by atoms with E-state index in [-0.39, 0.29) is 18.6 Å². The van der Waals surface area contributed by atoms with Crippen LogP contribution in [0.1, 0.15) is 11.6 Å². The zero-order valence-electron chi connectivity index (χ0n) is 12.3. The molecule has 0 aliphatic rings. The molecular weight excluding hydrogens is 346 g/mol. The van der Waals surface area contributed by atoms with Crippen molar-refractivity contribution >= 4 is 27.5 Å². The quantitative estimate of drug-likeness (QED) is 0.793. The van der Waals surface area contributed by atoms with Gasteiger partial charge in [0.05, 0.1) is 17.9 Å². The van der Waals surface area contributed by atoms with Crippen molar-refractivity contribution in [2.45, 2.75) is 6.04 Å². The van der Waals surface area contributed by atoms with Gasteiger partial charge >= 0.3 is 0 Å². The number of hydrogen-bond acceptors (Lipinski definition) is 4. The highest BCUT2D eigenvalue weighted by Crippen LogP contribution is 2.20. The minimum atomic E-state index is -0.141. The summed E-state index contributed by atoms with van der Waals surface area (Å²) in [5.74, 6) is -0.141. The van der Waals surface area contributed by atoms with Crippen molar-refractivity contribution in [2.24, 2.45) is 0 Å². The molecule has 2 N–H and O–H groups in total. The van der Waals surface area contributed by atoms with E-state index in [2.05, 4.69) is 31.5 Å². The molecule has 0 saturated carbocycles. The summed E-state index contributed by atoms with van der Waals surface area (Å²) in [6, 6.07) is 11.8. The number of hydrogen-bond donors (Lipinski definition) is 2. The molecule has 0 spiro atoms. The van der Waals surface area contributed by atoms with Gasteiger partial charge in [-0.05, 0) is 27.6 Å². The zero-order valence-corrected chi connectivity index (χ0v) is 13.8. The third-order valence-electron chi connectivity index (χ3n) is 3.03. The highest BCUT2D eigenvalue weighted by molar-refractivity contribution is 9.10. The molecule has 0 unspecified atom stereocenters. The Morgan fingerprint density at radius 1 is 1.32 bits per heavy atom. The van der Waals surface area contributed by atoms with E-state index in [9.17, 15) is 4.79 Å². The third kappa shape index (κ3) is 5.13. The molecule has 1 aromatic heterocycles. The van der Waals surface area contributed by atoms with E-state index in [4.69, 9.17) is 4.74 Å². The molecule has 1 amide bonds. The Kier molecular flexibility index (Phi) is 6.36. The van der Waals surface area contributed by atoms with Crippen molar-refractivity contribution in [2.75, 3.05) is 25.6 Å². The number of nitrogens with one attached hydrogen (secondary N) is 2. The normalized spacial score (nSPS) is 11.7. The number of amides is 1. The van der Waals surface area contributed by atoms with Crippen LogP contribution in [0.5, 0.6) is 0 Å². The molecule has 0 fully saturated rings. The van der Waals surface area contributed by atoms with Crippen LogP contribution in [0.2, 0.25) is 0 Å². The Bertz CT molecular complexity index is 607. The molecule has 0 bridgehead atoms. The van der Waals surface area contributed by atoms with E-state index in [0.717, 1.165) is 15.7 Å². The average molecular weight is 364 g/mol.